The summed E-state index contributed by atoms with van der Waals surface area (Å²) in [6.45, 7) is 2.15. The molecular formula is C68H37N3O4. The third kappa shape index (κ3) is 5.46. The molecule has 0 amide bonds. The van der Waals surface area contributed by atoms with Gasteiger partial charge < -0.3 is 26.8 Å². The van der Waals surface area contributed by atoms with Gasteiger partial charge in [0.05, 0.1) is 49.8 Å². The standard InChI is InChI=1S/C68H37N3O4/c1-37-53(70-54-26-18-38(40-21-30-62-49(32-40)45-12-4-6-14-58(45)72-62)34-51(54)64-56(70)28-23-47-43-10-2-8-16-60(43)74-67(47)64)25-20-42(36-69)66(37)71-55-27-19-39(41-22-31-63-50(33-41)46-13-5-7-15-59(46)73-63)35-52(55)65-57(71)29-24-48-44-11-3-9-17-61(44)75-68(48)65/h2-35H,1H3. The van der Waals surface area contributed by atoms with E-state index in [0.717, 1.165) is 171 Å². The Kier molecular flexibility index (Phi) is 7.88. The molecule has 0 N–H and O–H groups in total. The van der Waals surface area contributed by atoms with Gasteiger partial charge in [0.25, 0.3) is 0 Å². The largest absolute Gasteiger partial charge is 0.456 e. The summed E-state index contributed by atoms with van der Waals surface area (Å²) in [5.74, 6) is 0. The number of para-hydroxylation sites is 4. The van der Waals surface area contributed by atoms with Crippen LogP contribution in [0.4, 0.5) is 0 Å². The fourth-order valence-corrected chi connectivity index (χ4v) is 12.6. The minimum Gasteiger partial charge on any atom is -0.456 e. The Balaban J connectivity index is 0.930. The highest BCUT2D eigenvalue weighted by atomic mass is 16.3. The first-order valence-corrected chi connectivity index (χ1v) is 25.2. The minimum atomic E-state index is 0.561. The van der Waals surface area contributed by atoms with E-state index in [1.54, 1.807) is 0 Å². The average Bonchev–Trinajstić information content (AvgIpc) is 4.38. The number of furan rings is 4. The monoisotopic (exact) mass is 959 g/mol. The lowest BCUT2D eigenvalue weighted by atomic mass is 10.00. The van der Waals surface area contributed by atoms with Crippen molar-refractivity contribution in [1.29, 1.82) is 5.26 Å². The Morgan fingerprint density at radius 3 is 1.21 bits per heavy atom. The predicted octanol–water partition coefficient (Wildman–Crippen LogP) is 19.0. The second-order valence-corrected chi connectivity index (χ2v) is 19.8. The van der Waals surface area contributed by atoms with Gasteiger partial charge in [-0.15, -0.1) is 0 Å². The van der Waals surface area contributed by atoms with Crippen LogP contribution >= 0.6 is 0 Å². The Morgan fingerprint density at radius 2 is 0.720 bits per heavy atom. The highest BCUT2D eigenvalue weighted by Crippen LogP contribution is 2.47. The normalized spacial score (nSPS) is 12.3. The zero-order chi connectivity index (χ0) is 49.2. The Labute approximate surface area is 425 Å². The van der Waals surface area contributed by atoms with E-state index < -0.39 is 0 Å². The number of nitrogens with zero attached hydrogens (tertiary/aromatic N) is 3. The topological polar surface area (TPSA) is 86.2 Å². The van der Waals surface area contributed by atoms with E-state index in [4.69, 9.17) is 17.7 Å². The summed E-state index contributed by atoms with van der Waals surface area (Å²) in [5.41, 5.74) is 18.3. The molecule has 0 bridgehead atoms. The molecule has 0 aliphatic carbocycles. The van der Waals surface area contributed by atoms with Gasteiger partial charge in [-0.25, -0.2) is 0 Å². The van der Waals surface area contributed by atoms with E-state index in [1.165, 1.54) is 0 Å². The Hall–Kier alpha value is -10.3. The molecule has 0 radical (unpaired) electrons. The van der Waals surface area contributed by atoms with Gasteiger partial charge in [-0.1, -0.05) is 97.1 Å². The molecule has 348 valence electrons. The molecule has 75 heavy (non-hydrogen) atoms. The molecule has 0 aliphatic rings. The molecule has 0 aliphatic heterocycles. The van der Waals surface area contributed by atoms with Crippen molar-refractivity contribution in [2.24, 2.45) is 0 Å². The van der Waals surface area contributed by atoms with Crippen LogP contribution in [0.3, 0.4) is 0 Å². The first kappa shape index (κ1) is 40.3. The quantitative estimate of drug-likeness (QED) is 0.175. The maximum absolute atomic E-state index is 11.2. The van der Waals surface area contributed by atoms with Crippen LogP contribution < -0.4 is 0 Å². The number of hydrogen-bond donors (Lipinski definition) is 0. The second-order valence-electron chi connectivity index (χ2n) is 19.8. The van der Waals surface area contributed by atoms with Crippen molar-refractivity contribution in [1.82, 2.24) is 9.13 Å². The van der Waals surface area contributed by atoms with E-state index in [1.807, 2.05) is 54.6 Å². The summed E-state index contributed by atoms with van der Waals surface area (Å²) in [7, 11) is 0. The van der Waals surface area contributed by atoms with Gasteiger partial charge in [0.2, 0.25) is 0 Å². The van der Waals surface area contributed by atoms with Crippen LogP contribution in [0.15, 0.2) is 224 Å². The van der Waals surface area contributed by atoms with Crippen LogP contribution in [-0.2, 0) is 0 Å². The molecule has 0 unspecified atom stereocenters. The first-order valence-electron chi connectivity index (χ1n) is 25.2. The van der Waals surface area contributed by atoms with Gasteiger partial charge in [-0.3, -0.25) is 0 Å². The third-order valence-corrected chi connectivity index (χ3v) is 16.0. The van der Waals surface area contributed by atoms with Crippen molar-refractivity contribution in [3.63, 3.8) is 0 Å². The van der Waals surface area contributed by atoms with Crippen molar-refractivity contribution < 1.29 is 17.7 Å². The van der Waals surface area contributed by atoms with E-state index >= 15 is 0 Å². The van der Waals surface area contributed by atoms with Crippen LogP contribution in [0.25, 0.3) is 165 Å². The second kappa shape index (κ2) is 14.7. The maximum atomic E-state index is 11.2. The number of nitriles is 1. The highest BCUT2D eigenvalue weighted by Gasteiger charge is 2.26. The lowest BCUT2D eigenvalue weighted by molar-refractivity contribution is 0.668. The fourth-order valence-electron chi connectivity index (χ4n) is 12.6. The first-order chi connectivity index (χ1) is 37.0. The molecule has 17 rings (SSSR count). The minimum absolute atomic E-state index is 0.561. The predicted molar refractivity (Wildman–Crippen MR) is 305 cm³/mol. The molecule has 7 nitrogen and oxygen atoms in total. The van der Waals surface area contributed by atoms with Crippen molar-refractivity contribution in [3.05, 3.63) is 217 Å². The van der Waals surface area contributed by atoms with Gasteiger partial charge in [0, 0.05) is 53.9 Å². The Morgan fingerprint density at radius 1 is 0.333 bits per heavy atom. The smallest absolute Gasteiger partial charge is 0.145 e. The molecule has 7 heteroatoms. The van der Waals surface area contributed by atoms with Crippen LogP contribution in [-0.4, -0.2) is 9.13 Å². The molecule has 6 heterocycles. The fraction of sp³-hybridized carbons (Fsp3) is 0.0147. The van der Waals surface area contributed by atoms with Gasteiger partial charge in [0.1, 0.15) is 50.7 Å². The van der Waals surface area contributed by atoms with E-state index in [2.05, 4.69) is 174 Å². The zero-order valence-electron chi connectivity index (χ0n) is 40.1. The number of aromatic nitrogens is 2. The molecule has 0 fully saturated rings. The van der Waals surface area contributed by atoms with Crippen molar-refractivity contribution in [2.45, 2.75) is 6.92 Å². The number of benzene rings is 11. The summed E-state index contributed by atoms with van der Waals surface area (Å²) < 4.78 is 30.8. The molecule has 0 atom stereocenters. The summed E-state index contributed by atoms with van der Waals surface area (Å²) in [4.78, 5) is 0. The molecular weight excluding hydrogens is 923 g/mol. The molecule has 0 saturated carbocycles. The molecule has 0 spiro atoms. The number of hydrogen-bond acceptors (Lipinski definition) is 5. The summed E-state index contributed by atoms with van der Waals surface area (Å²) in [6.07, 6.45) is 0. The third-order valence-electron chi connectivity index (χ3n) is 16.0. The zero-order valence-corrected chi connectivity index (χ0v) is 40.1. The number of fused-ring (bicyclic) bond motifs is 20. The SMILES string of the molecule is Cc1c(-n2c3ccc(-c4ccc5oc6ccccc6c5c4)cc3c3c4oc5ccccc5c4ccc32)ccc(C#N)c1-n1c2ccc(-c3ccc4oc5ccccc5c4c3)cc2c2c3oc4ccccc4c3ccc21. The molecule has 0 saturated heterocycles. The van der Waals surface area contributed by atoms with Crippen molar-refractivity contribution >= 4 is 131 Å². The highest BCUT2D eigenvalue weighted by molar-refractivity contribution is 6.26. The van der Waals surface area contributed by atoms with Crippen LogP contribution in [0, 0.1) is 18.3 Å². The van der Waals surface area contributed by atoms with Gasteiger partial charge in [0.15, 0.2) is 0 Å². The lowest BCUT2D eigenvalue weighted by Gasteiger charge is -2.19. The number of rotatable bonds is 4. The summed E-state index contributed by atoms with van der Waals surface area (Å²) in [5, 5.41) is 23.8. The van der Waals surface area contributed by atoms with E-state index in [9.17, 15) is 5.26 Å². The van der Waals surface area contributed by atoms with Crippen LogP contribution in [0.5, 0.6) is 0 Å². The van der Waals surface area contributed by atoms with Gasteiger partial charge >= 0.3 is 0 Å². The molecule has 11 aromatic carbocycles. The van der Waals surface area contributed by atoms with Gasteiger partial charge in [-0.05, 0) is 144 Å². The Bertz CT molecular complexity index is 5410. The average molecular weight is 960 g/mol. The van der Waals surface area contributed by atoms with E-state index in [-0.39, 0.29) is 0 Å². The molecule has 17 aromatic rings. The molecule has 6 aromatic heterocycles. The van der Waals surface area contributed by atoms with Crippen molar-refractivity contribution in [2.75, 3.05) is 0 Å². The van der Waals surface area contributed by atoms with Crippen LogP contribution in [0.2, 0.25) is 0 Å². The summed E-state index contributed by atoms with van der Waals surface area (Å²) in [6, 6.07) is 74.7. The maximum Gasteiger partial charge on any atom is 0.145 e. The van der Waals surface area contributed by atoms with Crippen LogP contribution in [0.1, 0.15) is 11.1 Å². The summed E-state index contributed by atoms with van der Waals surface area (Å²) >= 11 is 0. The van der Waals surface area contributed by atoms with Gasteiger partial charge in [-0.2, -0.15) is 5.26 Å². The van der Waals surface area contributed by atoms with E-state index in [0.29, 0.717) is 5.56 Å². The van der Waals surface area contributed by atoms with Crippen molar-refractivity contribution in [3.8, 4) is 39.7 Å². The lowest BCUT2D eigenvalue weighted by Crippen LogP contribution is -2.06.